The molecule has 1 aromatic rings. The summed E-state index contributed by atoms with van der Waals surface area (Å²) in [5.41, 5.74) is 1.35. The Kier molecular flexibility index (Phi) is 7.65. The van der Waals surface area contributed by atoms with E-state index in [1.54, 1.807) is 0 Å². The van der Waals surface area contributed by atoms with Gasteiger partial charge in [0.2, 0.25) is 5.91 Å². The number of likely N-dealkylation sites (tertiary alicyclic amines) is 2. The van der Waals surface area contributed by atoms with E-state index in [9.17, 15) is 4.79 Å². The zero-order valence-electron chi connectivity index (χ0n) is 17.1. The van der Waals surface area contributed by atoms with E-state index in [1.807, 2.05) is 12.4 Å². The number of aromatic nitrogens is 1. The molecule has 2 saturated heterocycles. The van der Waals surface area contributed by atoms with Crippen LogP contribution in [0.4, 0.5) is 0 Å². The monoisotopic (exact) mass is 372 g/mol. The SMILES string of the molecule is CCC(CC)NC(=O)[C@@H]1CCCN(C2CCN(Cc3ccncc3)CC2)C1. The summed E-state index contributed by atoms with van der Waals surface area (Å²) >= 11 is 0. The van der Waals surface area contributed by atoms with Crippen molar-refractivity contribution in [3.8, 4) is 0 Å². The lowest BCUT2D eigenvalue weighted by atomic mass is 9.92. The van der Waals surface area contributed by atoms with Crippen LogP contribution in [-0.2, 0) is 11.3 Å². The third kappa shape index (κ3) is 5.76. The predicted molar refractivity (Wildman–Crippen MR) is 109 cm³/mol. The summed E-state index contributed by atoms with van der Waals surface area (Å²) in [4.78, 5) is 21.9. The normalized spacial score (nSPS) is 22.9. The lowest BCUT2D eigenvalue weighted by Crippen LogP contribution is -2.51. The van der Waals surface area contributed by atoms with Crippen molar-refractivity contribution in [3.05, 3.63) is 30.1 Å². The van der Waals surface area contributed by atoms with E-state index in [-0.39, 0.29) is 11.8 Å². The van der Waals surface area contributed by atoms with Crippen LogP contribution in [0.15, 0.2) is 24.5 Å². The van der Waals surface area contributed by atoms with Crippen molar-refractivity contribution in [2.75, 3.05) is 26.2 Å². The summed E-state index contributed by atoms with van der Waals surface area (Å²) in [6.45, 7) is 9.73. The predicted octanol–water partition coefficient (Wildman–Crippen LogP) is 3.06. The molecule has 2 aliphatic rings. The number of carbonyl (C=O) groups excluding carboxylic acids is 1. The Morgan fingerprint density at radius 2 is 1.85 bits per heavy atom. The second-order valence-corrected chi connectivity index (χ2v) is 8.22. The van der Waals surface area contributed by atoms with E-state index in [4.69, 9.17) is 0 Å². The minimum Gasteiger partial charge on any atom is -0.353 e. The Balaban J connectivity index is 1.46. The van der Waals surface area contributed by atoms with Gasteiger partial charge in [-0.15, -0.1) is 0 Å². The molecular weight excluding hydrogens is 336 g/mol. The molecule has 150 valence electrons. The molecule has 1 aromatic heterocycles. The number of pyridine rings is 1. The average molecular weight is 373 g/mol. The number of rotatable bonds is 7. The Morgan fingerprint density at radius 1 is 1.15 bits per heavy atom. The molecule has 0 spiro atoms. The van der Waals surface area contributed by atoms with Gasteiger partial charge in [-0.05, 0) is 75.9 Å². The van der Waals surface area contributed by atoms with Crippen LogP contribution in [0, 0.1) is 5.92 Å². The van der Waals surface area contributed by atoms with Gasteiger partial charge in [-0.2, -0.15) is 0 Å². The largest absolute Gasteiger partial charge is 0.353 e. The van der Waals surface area contributed by atoms with Crippen molar-refractivity contribution < 1.29 is 4.79 Å². The van der Waals surface area contributed by atoms with Crippen molar-refractivity contribution in [3.63, 3.8) is 0 Å². The first-order chi connectivity index (χ1) is 13.2. The molecule has 5 nitrogen and oxygen atoms in total. The second-order valence-electron chi connectivity index (χ2n) is 8.22. The number of carbonyl (C=O) groups is 1. The molecule has 2 fully saturated rings. The number of amides is 1. The zero-order valence-corrected chi connectivity index (χ0v) is 17.1. The molecule has 1 amide bonds. The molecule has 1 N–H and O–H groups in total. The average Bonchev–Trinajstić information content (AvgIpc) is 2.73. The van der Waals surface area contributed by atoms with Gasteiger partial charge < -0.3 is 5.32 Å². The molecular formula is C22H36N4O. The second kappa shape index (κ2) is 10.2. The van der Waals surface area contributed by atoms with Crippen LogP contribution in [-0.4, -0.2) is 59.0 Å². The number of nitrogens with zero attached hydrogens (tertiary/aromatic N) is 3. The smallest absolute Gasteiger partial charge is 0.224 e. The number of hydrogen-bond acceptors (Lipinski definition) is 4. The van der Waals surface area contributed by atoms with Crippen LogP contribution in [0.25, 0.3) is 0 Å². The molecule has 0 aromatic carbocycles. The van der Waals surface area contributed by atoms with Gasteiger partial charge in [-0.3, -0.25) is 19.6 Å². The fraction of sp³-hybridized carbons (Fsp3) is 0.727. The van der Waals surface area contributed by atoms with Crippen molar-refractivity contribution in [2.45, 2.75) is 71.0 Å². The first kappa shape index (κ1) is 20.3. The summed E-state index contributed by atoms with van der Waals surface area (Å²) < 4.78 is 0. The van der Waals surface area contributed by atoms with Crippen LogP contribution < -0.4 is 5.32 Å². The lowest BCUT2D eigenvalue weighted by molar-refractivity contribution is -0.128. The van der Waals surface area contributed by atoms with Gasteiger partial charge in [0, 0.05) is 37.6 Å². The third-order valence-electron chi connectivity index (χ3n) is 6.38. The third-order valence-corrected chi connectivity index (χ3v) is 6.38. The minimum atomic E-state index is 0.175. The molecule has 2 aliphatic heterocycles. The molecule has 0 bridgehead atoms. The summed E-state index contributed by atoms with van der Waals surface area (Å²) in [7, 11) is 0. The Morgan fingerprint density at radius 3 is 2.52 bits per heavy atom. The highest BCUT2D eigenvalue weighted by molar-refractivity contribution is 5.79. The molecule has 3 rings (SSSR count). The van der Waals surface area contributed by atoms with E-state index >= 15 is 0 Å². The summed E-state index contributed by atoms with van der Waals surface area (Å²) in [5.74, 6) is 0.456. The molecule has 27 heavy (non-hydrogen) atoms. The van der Waals surface area contributed by atoms with Crippen LogP contribution in [0.1, 0.15) is 57.9 Å². The number of hydrogen-bond donors (Lipinski definition) is 1. The van der Waals surface area contributed by atoms with E-state index in [1.165, 1.54) is 18.4 Å². The van der Waals surface area contributed by atoms with Crippen LogP contribution in [0.5, 0.6) is 0 Å². The van der Waals surface area contributed by atoms with Crippen LogP contribution in [0.2, 0.25) is 0 Å². The first-order valence-electron chi connectivity index (χ1n) is 10.8. The van der Waals surface area contributed by atoms with Gasteiger partial charge in [-0.25, -0.2) is 0 Å². The van der Waals surface area contributed by atoms with Crippen molar-refractivity contribution >= 4 is 5.91 Å². The molecule has 3 heterocycles. The zero-order chi connectivity index (χ0) is 19.1. The molecule has 5 heteroatoms. The van der Waals surface area contributed by atoms with Gasteiger partial charge in [0.05, 0.1) is 5.92 Å². The lowest BCUT2D eigenvalue weighted by Gasteiger charge is -2.42. The van der Waals surface area contributed by atoms with Crippen molar-refractivity contribution in [2.24, 2.45) is 5.92 Å². The van der Waals surface area contributed by atoms with Crippen molar-refractivity contribution in [1.29, 1.82) is 0 Å². The standard InChI is InChI=1S/C22H36N4O/c1-3-20(4-2)24-22(27)19-6-5-13-26(17-19)21-9-14-25(15-10-21)16-18-7-11-23-12-8-18/h7-8,11-12,19-21H,3-6,9-10,13-17H2,1-2H3,(H,24,27)/t19-/m1/s1. The van der Waals surface area contributed by atoms with Crippen molar-refractivity contribution in [1.82, 2.24) is 20.1 Å². The summed E-state index contributed by atoms with van der Waals surface area (Å²) in [6.07, 6.45) is 10.4. The van der Waals surface area contributed by atoms with E-state index in [2.05, 4.69) is 46.1 Å². The maximum absolute atomic E-state index is 12.7. The van der Waals surface area contributed by atoms with Gasteiger partial charge >= 0.3 is 0 Å². The minimum absolute atomic E-state index is 0.175. The maximum atomic E-state index is 12.7. The highest BCUT2D eigenvalue weighted by atomic mass is 16.2. The van der Waals surface area contributed by atoms with E-state index < -0.39 is 0 Å². The summed E-state index contributed by atoms with van der Waals surface area (Å²) in [6, 6.07) is 5.20. The van der Waals surface area contributed by atoms with Gasteiger partial charge in [0.25, 0.3) is 0 Å². The van der Waals surface area contributed by atoms with Gasteiger partial charge in [-0.1, -0.05) is 13.8 Å². The molecule has 0 radical (unpaired) electrons. The highest BCUT2D eigenvalue weighted by Gasteiger charge is 2.32. The van der Waals surface area contributed by atoms with Gasteiger partial charge in [0.15, 0.2) is 0 Å². The van der Waals surface area contributed by atoms with Gasteiger partial charge in [0.1, 0.15) is 0 Å². The molecule has 1 atom stereocenters. The number of nitrogens with one attached hydrogen (secondary N) is 1. The number of piperidine rings is 2. The maximum Gasteiger partial charge on any atom is 0.224 e. The topological polar surface area (TPSA) is 48.5 Å². The fourth-order valence-electron chi connectivity index (χ4n) is 4.55. The molecule has 0 unspecified atom stereocenters. The Hall–Kier alpha value is -1.46. The van der Waals surface area contributed by atoms with Crippen LogP contribution >= 0.6 is 0 Å². The van der Waals surface area contributed by atoms with E-state index in [0.717, 1.165) is 58.4 Å². The Labute approximate surface area is 164 Å². The Bertz CT molecular complexity index is 567. The fourth-order valence-corrected chi connectivity index (χ4v) is 4.55. The first-order valence-corrected chi connectivity index (χ1v) is 10.8. The molecule has 0 saturated carbocycles. The quantitative estimate of drug-likeness (QED) is 0.799. The highest BCUT2D eigenvalue weighted by Crippen LogP contribution is 2.25. The molecule has 0 aliphatic carbocycles. The van der Waals surface area contributed by atoms with E-state index in [0.29, 0.717) is 12.1 Å². The van der Waals surface area contributed by atoms with Crippen LogP contribution in [0.3, 0.4) is 0 Å². The summed E-state index contributed by atoms with van der Waals surface area (Å²) in [5, 5.41) is 3.26.